The molecule has 0 saturated heterocycles. The Balaban J connectivity index is 2.70. The molecule has 0 aromatic heterocycles. The van der Waals surface area contributed by atoms with Gasteiger partial charge in [-0.2, -0.15) is 5.48 Å². The second kappa shape index (κ2) is 5.02. The minimum Gasteiger partial charge on any atom is -0.302 e. The lowest BCUT2D eigenvalue weighted by Crippen LogP contribution is -2.19. The van der Waals surface area contributed by atoms with Crippen molar-refractivity contribution in [2.24, 2.45) is 0 Å². The Labute approximate surface area is 81.8 Å². The Hall–Kier alpha value is -1.00. The molecule has 1 atom stereocenters. The molecule has 0 spiro atoms. The Morgan fingerprint density at radius 2 is 2.07 bits per heavy atom. The molecule has 0 saturated carbocycles. The summed E-state index contributed by atoms with van der Waals surface area (Å²) in [7, 11) is 0. The van der Waals surface area contributed by atoms with Crippen LogP contribution in [-0.2, 0) is 4.84 Å². The summed E-state index contributed by atoms with van der Waals surface area (Å²) in [6.45, 7) is 4.17. The summed E-state index contributed by atoms with van der Waals surface area (Å²) in [5.74, 6) is -1.68. The van der Waals surface area contributed by atoms with Gasteiger partial charge in [-0.1, -0.05) is 6.07 Å². The van der Waals surface area contributed by atoms with Crippen molar-refractivity contribution in [1.29, 1.82) is 0 Å². The lowest BCUT2D eigenvalue weighted by Gasteiger charge is -2.13. The van der Waals surface area contributed by atoms with Crippen LogP contribution in [0.2, 0.25) is 0 Å². The van der Waals surface area contributed by atoms with Gasteiger partial charge < -0.3 is 4.84 Å². The molecular formula is C10H13F2NO. The fourth-order valence-corrected chi connectivity index (χ4v) is 1.06. The molecule has 0 radical (unpaired) electrons. The van der Waals surface area contributed by atoms with Gasteiger partial charge in [0.2, 0.25) is 0 Å². The van der Waals surface area contributed by atoms with Gasteiger partial charge in [-0.15, -0.1) is 0 Å². The van der Waals surface area contributed by atoms with Crippen LogP contribution in [0, 0.1) is 11.6 Å². The topological polar surface area (TPSA) is 21.3 Å². The summed E-state index contributed by atoms with van der Waals surface area (Å²) in [6, 6.07) is 3.63. The normalized spacial score (nSPS) is 12.9. The Morgan fingerprint density at radius 3 is 2.64 bits per heavy atom. The maximum atomic E-state index is 12.8. The van der Waals surface area contributed by atoms with Crippen molar-refractivity contribution in [3.05, 3.63) is 35.4 Å². The first-order chi connectivity index (χ1) is 6.65. The third-order valence-corrected chi connectivity index (χ3v) is 1.85. The van der Waals surface area contributed by atoms with Crippen LogP contribution in [0.25, 0.3) is 0 Å². The van der Waals surface area contributed by atoms with Gasteiger partial charge in [-0.25, -0.2) is 8.78 Å². The Bertz CT molecular complexity index is 304. The highest BCUT2D eigenvalue weighted by atomic mass is 19.2. The van der Waals surface area contributed by atoms with Crippen LogP contribution in [-0.4, -0.2) is 6.61 Å². The second-order valence-electron chi connectivity index (χ2n) is 2.95. The molecule has 78 valence electrons. The molecule has 1 rings (SSSR count). The minimum absolute atomic E-state index is 0.162. The summed E-state index contributed by atoms with van der Waals surface area (Å²) in [4.78, 5) is 4.95. The van der Waals surface area contributed by atoms with E-state index < -0.39 is 11.6 Å². The summed E-state index contributed by atoms with van der Waals surface area (Å²) < 4.78 is 25.4. The van der Waals surface area contributed by atoms with Crippen molar-refractivity contribution in [3.63, 3.8) is 0 Å². The number of halogens is 2. The molecule has 4 heteroatoms. The molecule has 0 aliphatic rings. The van der Waals surface area contributed by atoms with Gasteiger partial charge in [-0.05, 0) is 31.5 Å². The third kappa shape index (κ3) is 2.75. The number of rotatable bonds is 4. The van der Waals surface area contributed by atoms with E-state index in [4.69, 9.17) is 4.84 Å². The van der Waals surface area contributed by atoms with Crippen molar-refractivity contribution in [1.82, 2.24) is 5.48 Å². The molecule has 14 heavy (non-hydrogen) atoms. The SMILES string of the molecule is CCONC(C)c1ccc(F)c(F)c1. The van der Waals surface area contributed by atoms with Crippen LogP contribution < -0.4 is 5.48 Å². The van der Waals surface area contributed by atoms with E-state index in [0.29, 0.717) is 12.2 Å². The molecule has 1 aromatic rings. The van der Waals surface area contributed by atoms with E-state index in [0.717, 1.165) is 12.1 Å². The fourth-order valence-electron chi connectivity index (χ4n) is 1.06. The van der Waals surface area contributed by atoms with Crippen molar-refractivity contribution in [2.45, 2.75) is 19.9 Å². The highest BCUT2D eigenvalue weighted by Crippen LogP contribution is 2.15. The van der Waals surface area contributed by atoms with Crippen LogP contribution in [0.4, 0.5) is 8.78 Å². The van der Waals surface area contributed by atoms with E-state index in [2.05, 4.69) is 5.48 Å². The van der Waals surface area contributed by atoms with Crippen molar-refractivity contribution in [2.75, 3.05) is 6.61 Å². The molecule has 0 aliphatic carbocycles. The van der Waals surface area contributed by atoms with E-state index in [9.17, 15) is 8.78 Å². The maximum absolute atomic E-state index is 12.8. The minimum atomic E-state index is -0.840. The fraction of sp³-hybridized carbons (Fsp3) is 0.400. The zero-order valence-electron chi connectivity index (χ0n) is 8.18. The van der Waals surface area contributed by atoms with Crippen LogP contribution >= 0.6 is 0 Å². The summed E-state index contributed by atoms with van der Waals surface area (Å²) in [6.07, 6.45) is 0. The van der Waals surface area contributed by atoms with Crippen LogP contribution in [0.1, 0.15) is 25.5 Å². The van der Waals surface area contributed by atoms with Gasteiger partial charge in [0.1, 0.15) is 0 Å². The zero-order valence-corrected chi connectivity index (χ0v) is 8.18. The van der Waals surface area contributed by atoms with Gasteiger partial charge >= 0.3 is 0 Å². The number of hydrogen-bond donors (Lipinski definition) is 1. The monoisotopic (exact) mass is 201 g/mol. The lowest BCUT2D eigenvalue weighted by atomic mass is 10.1. The van der Waals surface area contributed by atoms with E-state index >= 15 is 0 Å². The van der Waals surface area contributed by atoms with Gasteiger partial charge in [0.05, 0.1) is 12.6 Å². The summed E-state index contributed by atoms with van der Waals surface area (Å²) >= 11 is 0. The maximum Gasteiger partial charge on any atom is 0.159 e. The number of hydroxylamine groups is 1. The molecular weight excluding hydrogens is 188 g/mol. The molecule has 0 heterocycles. The van der Waals surface area contributed by atoms with E-state index in [1.165, 1.54) is 6.07 Å². The third-order valence-electron chi connectivity index (χ3n) is 1.85. The highest BCUT2D eigenvalue weighted by Gasteiger charge is 2.08. The zero-order chi connectivity index (χ0) is 10.6. The first kappa shape index (κ1) is 11.1. The molecule has 0 amide bonds. The molecule has 0 aliphatic heterocycles. The largest absolute Gasteiger partial charge is 0.302 e. The number of nitrogens with one attached hydrogen (secondary N) is 1. The van der Waals surface area contributed by atoms with Crippen LogP contribution in [0.5, 0.6) is 0 Å². The van der Waals surface area contributed by atoms with Crippen LogP contribution in [0.3, 0.4) is 0 Å². The highest BCUT2D eigenvalue weighted by molar-refractivity contribution is 5.20. The van der Waals surface area contributed by atoms with Gasteiger partial charge in [0.15, 0.2) is 11.6 Å². The molecule has 1 unspecified atom stereocenters. The van der Waals surface area contributed by atoms with Gasteiger partial charge in [-0.3, -0.25) is 0 Å². The molecule has 1 N–H and O–H groups in total. The van der Waals surface area contributed by atoms with E-state index in [-0.39, 0.29) is 6.04 Å². The number of hydrogen-bond acceptors (Lipinski definition) is 2. The second-order valence-corrected chi connectivity index (χ2v) is 2.95. The first-order valence-corrected chi connectivity index (χ1v) is 4.47. The van der Waals surface area contributed by atoms with E-state index in [1.807, 2.05) is 13.8 Å². The number of benzene rings is 1. The van der Waals surface area contributed by atoms with Crippen molar-refractivity contribution in [3.8, 4) is 0 Å². The molecule has 0 bridgehead atoms. The first-order valence-electron chi connectivity index (χ1n) is 4.47. The predicted octanol–water partition coefficient (Wildman–Crippen LogP) is 2.57. The lowest BCUT2D eigenvalue weighted by molar-refractivity contribution is 0.0284. The Kier molecular flexibility index (Phi) is 3.98. The molecule has 2 nitrogen and oxygen atoms in total. The van der Waals surface area contributed by atoms with Gasteiger partial charge in [0, 0.05) is 0 Å². The van der Waals surface area contributed by atoms with Crippen LogP contribution in [0.15, 0.2) is 18.2 Å². The predicted molar refractivity (Wildman–Crippen MR) is 49.5 cm³/mol. The van der Waals surface area contributed by atoms with E-state index in [1.54, 1.807) is 0 Å². The smallest absolute Gasteiger partial charge is 0.159 e. The quantitative estimate of drug-likeness (QED) is 0.756. The van der Waals surface area contributed by atoms with Gasteiger partial charge in [0.25, 0.3) is 0 Å². The van der Waals surface area contributed by atoms with Crippen molar-refractivity contribution >= 4 is 0 Å². The molecule has 0 fully saturated rings. The average Bonchev–Trinajstić information content (AvgIpc) is 2.18. The Morgan fingerprint density at radius 1 is 1.36 bits per heavy atom. The molecule has 1 aromatic carbocycles. The van der Waals surface area contributed by atoms with Crippen molar-refractivity contribution < 1.29 is 13.6 Å². The average molecular weight is 201 g/mol. The summed E-state index contributed by atoms with van der Waals surface area (Å²) in [5.41, 5.74) is 3.36. The summed E-state index contributed by atoms with van der Waals surface area (Å²) in [5, 5.41) is 0. The standard InChI is InChI=1S/C10H13F2NO/c1-3-14-13-7(2)8-4-5-9(11)10(12)6-8/h4-7,13H,3H2,1-2H3.